The van der Waals surface area contributed by atoms with Gasteiger partial charge in [0.15, 0.2) is 0 Å². The Balaban J connectivity index is 1.39. The zero-order chi connectivity index (χ0) is 24.5. The fourth-order valence-electron chi connectivity index (χ4n) is 4.54. The molecule has 1 saturated heterocycles. The molecule has 2 aliphatic rings. The highest BCUT2D eigenvalue weighted by atomic mass is 16.6. The van der Waals surface area contributed by atoms with E-state index in [1.54, 1.807) is 24.5 Å². The summed E-state index contributed by atoms with van der Waals surface area (Å²) >= 11 is 0. The molecule has 0 bridgehead atoms. The van der Waals surface area contributed by atoms with Crippen molar-refractivity contribution >= 4 is 24.2 Å². The van der Waals surface area contributed by atoms with E-state index >= 15 is 0 Å². The Morgan fingerprint density at radius 1 is 1.31 bits per heavy atom. The predicted octanol–water partition coefficient (Wildman–Crippen LogP) is 2.83. The van der Waals surface area contributed by atoms with Crippen molar-refractivity contribution in [1.29, 1.82) is 0 Å². The first-order valence-corrected chi connectivity index (χ1v) is 12.3. The molecule has 35 heavy (non-hydrogen) atoms. The van der Waals surface area contributed by atoms with Crippen molar-refractivity contribution in [3.63, 3.8) is 0 Å². The van der Waals surface area contributed by atoms with E-state index in [2.05, 4.69) is 31.2 Å². The average Bonchev–Trinajstić information content (AvgIpc) is 3.37. The number of nitrogens with zero attached hydrogens (tertiary/aromatic N) is 5. The molecule has 188 valence electrons. The van der Waals surface area contributed by atoms with E-state index in [9.17, 15) is 4.79 Å². The summed E-state index contributed by atoms with van der Waals surface area (Å²) in [6.45, 7) is 3.62. The van der Waals surface area contributed by atoms with Gasteiger partial charge in [0.25, 0.3) is 0 Å². The molecule has 2 aliphatic heterocycles. The molecule has 1 aromatic heterocycles. The number of nitrogens with one attached hydrogen (secondary N) is 1. The van der Waals surface area contributed by atoms with Gasteiger partial charge in [-0.05, 0) is 56.3 Å². The Labute approximate surface area is 206 Å². The van der Waals surface area contributed by atoms with Gasteiger partial charge >= 0.3 is 6.09 Å². The zero-order valence-electron chi connectivity index (χ0n) is 20.4. The van der Waals surface area contributed by atoms with Crippen molar-refractivity contribution in [2.75, 3.05) is 50.1 Å². The molecular formula is C25H35N7O3. The minimum absolute atomic E-state index is 0.209. The molecular weight excluding hydrogens is 446 g/mol. The molecule has 3 N–H and O–H groups in total. The summed E-state index contributed by atoms with van der Waals surface area (Å²) in [6, 6.07) is 8.27. The van der Waals surface area contributed by atoms with E-state index in [0.29, 0.717) is 38.8 Å². The van der Waals surface area contributed by atoms with E-state index in [0.717, 1.165) is 55.8 Å². The lowest BCUT2D eigenvalue weighted by molar-refractivity contribution is 0.0959. The Kier molecular flexibility index (Phi) is 8.72. The Hall–Kier alpha value is -3.40. The van der Waals surface area contributed by atoms with E-state index in [-0.39, 0.29) is 12.1 Å². The van der Waals surface area contributed by atoms with Crippen LogP contribution in [0.2, 0.25) is 0 Å². The SMILES string of the molecule is CN=CNc1nccc(N2CCC[C@@H]2COc2cccc3c2CN(C(=O)OCCCCN)CC3)n1. The van der Waals surface area contributed by atoms with E-state index in [1.165, 1.54) is 5.56 Å². The maximum atomic E-state index is 12.5. The molecule has 0 aliphatic carbocycles. The first-order valence-electron chi connectivity index (χ1n) is 12.3. The Bertz CT molecular complexity index is 1020. The van der Waals surface area contributed by atoms with Gasteiger partial charge in [-0.25, -0.2) is 9.78 Å². The van der Waals surface area contributed by atoms with Crippen LogP contribution in [-0.2, 0) is 17.7 Å². The van der Waals surface area contributed by atoms with Crippen molar-refractivity contribution in [3.05, 3.63) is 41.6 Å². The molecule has 0 radical (unpaired) electrons. The molecule has 1 amide bonds. The van der Waals surface area contributed by atoms with Crippen molar-refractivity contribution in [1.82, 2.24) is 14.9 Å². The van der Waals surface area contributed by atoms with Gasteiger partial charge in [-0.3, -0.25) is 4.99 Å². The molecule has 1 fully saturated rings. The molecule has 3 heterocycles. The smallest absolute Gasteiger partial charge is 0.410 e. The van der Waals surface area contributed by atoms with Crippen LogP contribution in [0.5, 0.6) is 5.75 Å². The summed E-state index contributed by atoms with van der Waals surface area (Å²) in [5.74, 6) is 2.22. The van der Waals surface area contributed by atoms with Crippen LogP contribution in [-0.4, -0.2) is 73.2 Å². The third-order valence-corrected chi connectivity index (χ3v) is 6.38. The van der Waals surface area contributed by atoms with Gasteiger partial charge in [0.05, 0.1) is 25.5 Å². The van der Waals surface area contributed by atoms with Gasteiger partial charge in [0.2, 0.25) is 5.95 Å². The topological polar surface area (TPSA) is 118 Å². The second-order valence-corrected chi connectivity index (χ2v) is 8.75. The highest BCUT2D eigenvalue weighted by Crippen LogP contribution is 2.30. The summed E-state index contributed by atoms with van der Waals surface area (Å²) in [7, 11) is 1.69. The number of rotatable bonds is 10. The fraction of sp³-hybridized carbons (Fsp3) is 0.520. The minimum Gasteiger partial charge on any atom is -0.491 e. The molecule has 10 nitrogen and oxygen atoms in total. The number of nitrogens with two attached hydrogens (primary N) is 1. The molecule has 0 unspecified atom stereocenters. The monoisotopic (exact) mass is 481 g/mol. The number of hydrogen-bond donors (Lipinski definition) is 2. The Morgan fingerprint density at radius 2 is 2.23 bits per heavy atom. The number of aromatic nitrogens is 2. The largest absolute Gasteiger partial charge is 0.491 e. The maximum Gasteiger partial charge on any atom is 0.410 e. The van der Waals surface area contributed by atoms with Crippen LogP contribution in [0.25, 0.3) is 0 Å². The molecule has 0 saturated carbocycles. The van der Waals surface area contributed by atoms with E-state index in [4.69, 9.17) is 15.2 Å². The first-order chi connectivity index (χ1) is 17.2. The number of carbonyl (C=O) groups is 1. The zero-order valence-corrected chi connectivity index (χ0v) is 20.4. The van der Waals surface area contributed by atoms with Gasteiger partial charge in [0.1, 0.15) is 18.2 Å². The molecule has 1 atom stereocenters. The van der Waals surface area contributed by atoms with Crippen molar-refractivity contribution in [2.24, 2.45) is 10.7 Å². The van der Waals surface area contributed by atoms with Gasteiger partial charge < -0.3 is 30.3 Å². The van der Waals surface area contributed by atoms with E-state index < -0.39 is 0 Å². The number of benzene rings is 1. The summed E-state index contributed by atoms with van der Waals surface area (Å²) in [6.07, 6.45) is 7.58. The highest BCUT2D eigenvalue weighted by molar-refractivity contribution is 5.72. The second-order valence-electron chi connectivity index (χ2n) is 8.75. The van der Waals surface area contributed by atoms with Crippen molar-refractivity contribution < 1.29 is 14.3 Å². The normalized spacial score (nSPS) is 17.5. The summed E-state index contributed by atoms with van der Waals surface area (Å²) in [4.78, 5) is 29.4. The van der Waals surface area contributed by atoms with E-state index in [1.807, 2.05) is 18.2 Å². The standard InChI is InChI=1S/C25H35N7O3/c1-27-18-29-24-28-12-9-23(30-24)32-13-5-7-20(32)17-35-22-8-4-6-19-10-14-31(16-21(19)22)25(33)34-15-3-2-11-26/h4,6,8-9,12,18,20H,2-3,5,7,10-11,13-17,26H2,1H3,(H,27,28,29,30)/t20-/m1/s1. The lowest BCUT2D eigenvalue weighted by Gasteiger charge is -2.30. The molecule has 0 spiro atoms. The van der Waals surface area contributed by atoms with Crippen LogP contribution in [0.15, 0.2) is 35.5 Å². The summed E-state index contributed by atoms with van der Waals surface area (Å²) < 4.78 is 11.8. The number of carbonyl (C=O) groups excluding carboxylic acids is 1. The number of hydrogen-bond acceptors (Lipinski definition) is 8. The van der Waals surface area contributed by atoms with Crippen LogP contribution in [0, 0.1) is 0 Å². The number of fused-ring (bicyclic) bond motifs is 1. The average molecular weight is 482 g/mol. The molecule has 1 aromatic carbocycles. The Morgan fingerprint density at radius 3 is 3.09 bits per heavy atom. The van der Waals surface area contributed by atoms with Gasteiger partial charge in [0, 0.05) is 31.9 Å². The van der Waals surface area contributed by atoms with Crippen LogP contribution < -0.4 is 20.7 Å². The van der Waals surface area contributed by atoms with Crippen molar-refractivity contribution in [2.45, 2.75) is 44.7 Å². The minimum atomic E-state index is -0.272. The second kappa shape index (κ2) is 12.3. The number of amides is 1. The molecule has 2 aromatic rings. The van der Waals surface area contributed by atoms with Crippen LogP contribution in [0.4, 0.5) is 16.6 Å². The van der Waals surface area contributed by atoms with Gasteiger partial charge in [-0.15, -0.1) is 0 Å². The number of ether oxygens (including phenoxy) is 2. The van der Waals surface area contributed by atoms with Gasteiger partial charge in [-0.2, -0.15) is 4.98 Å². The highest BCUT2D eigenvalue weighted by Gasteiger charge is 2.28. The maximum absolute atomic E-state index is 12.5. The fourth-order valence-corrected chi connectivity index (χ4v) is 4.54. The lowest BCUT2D eigenvalue weighted by atomic mass is 9.99. The summed E-state index contributed by atoms with van der Waals surface area (Å²) in [5.41, 5.74) is 7.80. The molecule has 10 heteroatoms. The molecule has 4 rings (SSSR count). The predicted molar refractivity (Wildman–Crippen MR) is 136 cm³/mol. The first kappa shape index (κ1) is 24.7. The third kappa shape index (κ3) is 6.39. The quantitative estimate of drug-likeness (QED) is 0.302. The lowest BCUT2D eigenvalue weighted by Crippen LogP contribution is -2.37. The summed E-state index contributed by atoms with van der Waals surface area (Å²) in [5, 5.41) is 2.98. The third-order valence-electron chi connectivity index (χ3n) is 6.38. The van der Waals surface area contributed by atoms with Crippen molar-refractivity contribution in [3.8, 4) is 5.75 Å². The van der Waals surface area contributed by atoms with Gasteiger partial charge in [-0.1, -0.05) is 12.1 Å². The van der Waals surface area contributed by atoms with Crippen LogP contribution >= 0.6 is 0 Å². The number of anilines is 2. The number of unbranched alkanes of at least 4 members (excludes halogenated alkanes) is 1. The number of aliphatic imine (C=N–C) groups is 1. The van der Waals surface area contributed by atoms with Crippen LogP contribution in [0.3, 0.4) is 0 Å². The van der Waals surface area contributed by atoms with Crippen LogP contribution in [0.1, 0.15) is 36.8 Å².